The molecule has 0 atom stereocenters. The van der Waals surface area contributed by atoms with Gasteiger partial charge in [0.25, 0.3) is 5.91 Å². The van der Waals surface area contributed by atoms with Gasteiger partial charge in [0.2, 0.25) is 5.13 Å². The van der Waals surface area contributed by atoms with Crippen molar-refractivity contribution in [2.24, 2.45) is 0 Å². The maximum atomic E-state index is 12.4. The van der Waals surface area contributed by atoms with Gasteiger partial charge in [-0.2, -0.15) is 0 Å². The minimum Gasteiger partial charge on any atom is -0.493 e. The average molecular weight is 468 g/mol. The Labute approximate surface area is 182 Å². The Kier molecular flexibility index (Phi) is 6.91. The lowest BCUT2D eigenvalue weighted by Gasteiger charge is -2.08. The highest BCUT2D eigenvalue weighted by molar-refractivity contribution is 7.91. The Hall–Kier alpha value is -2.69. The second-order valence-corrected chi connectivity index (χ2v) is 9.66. The van der Waals surface area contributed by atoms with Gasteiger partial charge >= 0.3 is 0 Å². The highest BCUT2D eigenvalue weighted by atomic mass is 35.5. The summed E-state index contributed by atoms with van der Waals surface area (Å²) in [7, 11) is -0.491. The minimum atomic E-state index is -3.48. The number of benzene rings is 2. The molecule has 1 amide bonds. The van der Waals surface area contributed by atoms with E-state index in [2.05, 4.69) is 15.5 Å². The standard InChI is InChI=1S/C19H18ClN3O5S2/c1-27-15-8-3-12(11-16(15)28-2)18(24)21-19-23-22-17(29-19)9-10-30(25,26)14-6-4-13(20)5-7-14/h3-8,11H,9-10H2,1-2H3,(H,21,23,24). The summed E-state index contributed by atoms with van der Waals surface area (Å²) in [6, 6.07) is 10.8. The van der Waals surface area contributed by atoms with Crippen LogP contribution in [0, 0.1) is 0 Å². The number of nitrogens with one attached hydrogen (secondary N) is 1. The van der Waals surface area contributed by atoms with Crippen molar-refractivity contribution in [1.29, 1.82) is 0 Å². The number of anilines is 1. The number of rotatable bonds is 8. The molecule has 0 aliphatic carbocycles. The molecular weight excluding hydrogens is 450 g/mol. The molecule has 1 aromatic heterocycles. The Balaban J connectivity index is 1.63. The minimum absolute atomic E-state index is 0.132. The molecule has 0 spiro atoms. The molecule has 0 saturated carbocycles. The quantitative estimate of drug-likeness (QED) is 0.540. The predicted octanol–water partition coefficient (Wildman–Crippen LogP) is 3.48. The fourth-order valence-corrected chi connectivity index (χ4v) is 4.77. The smallest absolute Gasteiger partial charge is 0.257 e. The van der Waals surface area contributed by atoms with Crippen LogP contribution in [0.15, 0.2) is 47.4 Å². The van der Waals surface area contributed by atoms with E-state index in [9.17, 15) is 13.2 Å². The van der Waals surface area contributed by atoms with Crippen LogP contribution in [-0.2, 0) is 16.3 Å². The van der Waals surface area contributed by atoms with Crippen molar-refractivity contribution in [3.05, 3.63) is 58.1 Å². The number of carbonyl (C=O) groups excluding carboxylic acids is 1. The Bertz CT molecular complexity index is 1150. The monoisotopic (exact) mass is 467 g/mol. The van der Waals surface area contributed by atoms with E-state index >= 15 is 0 Å². The van der Waals surface area contributed by atoms with Crippen molar-refractivity contribution in [3.8, 4) is 11.5 Å². The summed E-state index contributed by atoms with van der Waals surface area (Å²) in [5.41, 5.74) is 0.356. The summed E-state index contributed by atoms with van der Waals surface area (Å²) < 4.78 is 35.2. The summed E-state index contributed by atoms with van der Waals surface area (Å²) in [5.74, 6) is 0.407. The first-order chi connectivity index (χ1) is 14.3. The van der Waals surface area contributed by atoms with Gasteiger partial charge in [-0.05, 0) is 42.5 Å². The summed E-state index contributed by atoms with van der Waals surface area (Å²) in [5, 5.41) is 11.8. The van der Waals surface area contributed by atoms with E-state index in [-0.39, 0.29) is 22.2 Å². The molecule has 11 heteroatoms. The molecule has 0 aliphatic rings. The molecule has 1 heterocycles. The maximum Gasteiger partial charge on any atom is 0.257 e. The highest BCUT2D eigenvalue weighted by Crippen LogP contribution is 2.28. The van der Waals surface area contributed by atoms with Crippen LogP contribution in [0.1, 0.15) is 15.4 Å². The largest absolute Gasteiger partial charge is 0.493 e. The van der Waals surface area contributed by atoms with E-state index < -0.39 is 15.7 Å². The van der Waals surface area contributed by atoms with Gasteiger partial charge < -0.3 is 9.47 Å². The lowest BCUT2D eigenvalue weighted by molar-refractivity contribution is 0.102. The molecule has 1 N–H and O–H groups in total. The van der Waals surface area contributed by atoms with Crippen LogP contribution in [-0.4, -0.2) is 44.5 Å². The first-order valence-electron chi connectivity index (χ1n) is 8.66. The van der Waals surface area contributed by atoms with Gasteiger partial charge in [0, 0.05) is 17.0 Å². The lowest BCUT2D eigenvalue weighted by Crippen LogP contribution is -2.12. The fraction of sp³-hybridized carbons (Fsp3) is 0.211. The van der Waals surface area contributed by atoms with Gasteiger partial charge in [0.1, 0.15) is 5.01 Å². The van der Waals surface area contributed by atoms with Crippen LogP contribution < -0.4 is 14.8 Å². The molecule has 3 rings (SSSR count). The Morgan fingerprint density at radius 2 is 1.77 bits per heavy atom. The number of hydrogen-bond donors (Lipinski definition) is 1. The molecular formula is C19H18ClN3O5S2. The third-order valence-electron chi connectivity index (χ3n) is 4.09. The predicted molar refractivity (Wildman–Crippen MR) is 115 cm³/mol. The third-order valence-corrected chi connectivity index (χ3v) is 6.97. The van der Waals surface area contributed by atoms with Gasteiger partial charge in [-0.3, -0.25) is 10.1 Å². The van der Waals surface area contributed by atoms with Gasteiger partial charge in [-0.25, -0.2) is 8.42 Å². The number of methoxy groups -OCH3 is 2. The third kappa shape index (κ3) is 5.26. The van der Waals surface area contributed by atoms with Crippen LogP contribution in [0.25, 0.3) is 0 Å². The van der Waals surface area contributed by atoms with E-state index in [0.29, 0.717) is 27.1 Å². The molecule has 0 fully saturated rings. The second kappa shape index (κ2) is 9.41. The topological polar surface area (TPSA) is 107 Å². The number of aryl methyl sites for hydroxylation is 1. The summed E-state index contributed by atoms with van der Waals surface area (Å²) >= 11 is 6.91. The second-order valence-electron chi connectivity index (χ2n) is 6.05. The van der Waals surface area contributed by atoms with Crippen molar-refractivity contribution in [3.63, 3.8) is 0 Å². The number of sulfone groups is 1. The molecule has 0 unspecified atom stereocenters. The summed E-state index contributed by atoms with van der Waals surface area (Å²) in [6.45, 7) is 0. The van der Waals surface area contributed by atoms with Crippen molar-refractivity contribution in [2.75, 3.05) is 25.3 Å². The van der Waals surface area contributed by atoms with Gasteiger partial charge in [0.05, 0.1) is 24.9 Å². The molecule has 8 nitrogen and oxygen atoms in total. The molecule has 2 aromatic carbocycles. The van der Waals surface area contributed by atoms with E-state index in [1.165, 1.54) is 38.5 Å². The number of ether oxygens (including phenoxy) is 2. The zero-order chi connectivity index (χ0) is 21.7. The van der Waals surface area contributed by atoms with Crippen LogP contribution in [0.5, 0.6) is 11.5 Å². The number of aromatic nitrogens is 2. The molecule has 0 saturated heterocycles. The Morgan fingerprint density at radius 1 is 1.07 bits per heavy atom. The summed E-state index contributed by atoms with van der Waals surface area (Å²) in [6.07, 6.45) is 0.175. The van der Waals surface area contributed by atoms with E-state index in [1.807, 2.05) is 0 Å². The SMILES string of the molecule is COc1ccc(C(=O)Nc2nnc(CCS(=O)(=O)c3ccc(Cl)cc3)s2)cc1OC. The molecule has 30 heavy (non-hydrogen) atoms. The first-order valence-corrected chi connectivity index (χ1v) is 11.5. The average Bonchev–Trinajstić information content (AvgIpc) is 3.19. The molecule has 3 aromatic rings. The van der Waals surface area contributed by atoms with Gasteiger partial charge in [-0.15, -0.1) is 10.2 Å². The number of hydrogen-bond acceptors (Lipinski definition) is 8. The number of nitrogens with zero attached hydrogens (tertiary/aromatic N) is 2. The molecule has 0 bridgehead atoms. The molecule has 0 radical (unpaired) electrons. The van der Waals surface area contributed by atoms with E-state index in [0.717, 1.165) is 11.3 Å². The lowest BCUT2D eigenvalue weighted by atomic mass is 10.2. The van der Waals surface area contributed by atoms with Crippen LogP contribution in [0.4, 0.5) is 5.13 Å². The van der Waals surface area contributed by atoms with E-state index in [1.54, 1.807) is 18.2 Å². The van der Waals surface area contributed by atoms with Crippen molar-refractivity contribution < 1.29 is 22.7 Å². The maximum absolute atomic E-state index is 12.4. The van der Waals surface area contributed by atoms with Crippen LogP contribution >= 0.6 is 22.9 Å². The van der Waals surface area contributed by atoms with Crippen LogP contribution in [0.2, 0.25) is 5.02 Å². The normalized spacial score (nSPS) is 11.2. The van der Waals surface area contributed by atoms with Gasteiger partial charge in [-0.1, -0.05) is 22.9 Å². The number of halogens is 1. The van der Waals surface area contributed by atoms with Crippen molar-refractivity contribution in [1.82, 2.24) is 10.2 Å². The first kappa shape index (κ1) is 22.0. The van der Waals surface area contributed by atoms with Crippen LogP contribution in [0.3, 0.4) is 0 Å². The zero-order valence-corrected chi connectivity index (χ0v) is 18.5. The fourth-order valence-electron chi connectivity index (χ4n) is 2.53. The zero-order valence-electron chi connectivity index (χ0n) is 16.1. The molecule has 0 aliphatic heterocycles. The van der Waals surface area contributed by atoms with Gasteiger partial charge in [0.15, 0.2) is 21.3 Å². The molecule has 158 valence electrons. The Morgan fingerprint density at radius 3 is 2.43 bits per heavy atom. The van der Waals surface area contributed by atoms with Crippen molar-refractivity contribution in [2.45, 2.75) is 11.3 Å². The number of carbonyl (C=O) groups is 1. The highest BCUT2D eigenvalue weighted by Gasteiger charge is 2.17. The number of amides is 1. The van der Waals surface area contributed by atoms with E-state index in [4.69, 9.17) is 21.1 Å². The van der Waals surface area contributed by atoms with Crippen molar-refractivity contribution >= 4 is 43.8 Å². The summed E-state index contributed by atoms with van der Waals surface area (Å²) in [4.78, 5) is 12.6.